The number of aliphatic imine (C=N–C) groups is 1. The molecule has 0 amide bonds. The van der Waals surface area contributed by atoms with Crippen molar-refractivity contribution in [2.45, 2.75) is 20.8 Å². The van der Waals surface area contributed by atoms with Gasteiger partial charge in [-0.05, 0) is 44.1 Å². The van der Waals surface area contributed by atoms with Crippen molar-refractivity contribution in [1.82, 2.24) is 15.0 Å². The Balaban J connectivity index is 2.18. The van der Waals surface area contributed by atoms with Crippen LogP contribution in [-0.2, 0) is 7.05 Å². The first kappa shape index (κ1) is 19.2. The molecule has 0 aliphatic carbocycles. The summed E-state index contributed by atoms with van der Waals surface area (Å²) in [5, 5.41) is 3.93. The number of imidazole rings is 1. The first-order valence-corrected chi connectivity index (χ1v) is 8.28. The zero-order chi connectivity index (χ0) is 19.1. The summed E-state index contributed by atoms with van der Waals surface area (Å²) in [6.45, 7) is 9.92. The zero-order valence-corrected chi connectivity index (χ0v) is 15.9. The average Bonchev–Trinajstić information content (AvgIpc) is 2.97. The molecule has 2 aromatic rings. The summed E-state index contributed by atoms with van der Waals surface area (Å²) >= 11 is 0. The number of nitrogens with one attached hydrogen (secondary N) is 1. The second-order valence-corrected chi connectivity index (χ2v) is 5.81. The number of aryl methyl sites for hydroxylation is 1. The molecule has 0 fully saturated rings. The molecule has 2 rings (SSSR count). The average molecular weight is 351 g/mol. The molecule has 0 saturated carbocycles. The minimum Gasteiger partial charge on any atom is -0.497 e. The highest BCUT2D eigenvalue weighted by Gasteiger charge is 2.10. The third-order valence-corrected chi connectivity index (χ3v) is 3.98. The van der Waals surface area contributed by atoms with Gasteiger partial charge in [-0.25, -0.2) is 4.98 Å². The largest absolute Gasteiger partial charge is 0.497 e. The SMILES string of the molecule is C=C(C=N/C=C(C)/C(C)=C/N/N=C\C)c1nc2cc(OC)ccc2n1C. The van der Waals surface area contributed by atoms with Gasteiger partial charge in [-0.1, -0.05) is 6.58 Å². The van der Waals surface area contributed by atoms with Gasteiger partial charge in [-0.2, -0.15) is 5.10 Å². The van der Waals surface area contributed by atoms with Crippen LogP contribution in [0.5, 0.6) is 5.75 Å². The van der Waals surface area contributed by atoms with Gasteiger partial charge < -0.3 is 9.30 Å². The van der Waals surface area contributed by atoms with Crippen molar-refractivity contribution in [2.75, 3.05) is 7.11 Å². The Kier molecular flexibility index (Phi) is 6.49. The van der Waals surface area contributed by atoms with Crippen LogP contribution in [0.15, 0.2) is 58.4 Å². The molecule has 1 aromatic carbocycles. The molecule has 1 aromatic heterocycles. The van der Waals surface area contributed by atoms with E-state index in [0.29, 0.717) is 0 Å². The van der Waals surface area contributed by atoms with E-state index in [4.69, 9.17) is 4.74 Å². The van der Waals surface area contributed by atoms with Gasteiger partial charge in [-0.15, -0.1) is 0 Å². The third-order valence-electron chi connectivity index (χ3n) is 3.98. The summed E-state index contributed by atoms with van der Waals surface area (Å²) < 4.78 is 7.25. The van der Waals surface area contributed by atoms with Gasteiger partial charge in [0, 0.05) is 43.5 Å². The summed E-state index contributed by atoms with van der Waals surface area (Å²) in [6, 6.07) is 5.81. The van der Waals surface area contributed by atoms with Crippen molar-refractivity contribution in [3.05, 3.63) is 54.1 Å². The molecule has 0 spiro atoms. The van der Waals surface area contributed by atoms with Crippen LogP contribution < -0.4 is 10.2 Å². The fraction of sp³-hybridized carbons (Fsp3) is 0.250. The first-order valence-electron chi connectivity index (χ1n) is 8.28. The van der Waals surface area contributed by atoms with Gasteiger partial charge in [0.1, 0.15) is 11.6 Å². The van der Waals surface area contributed by atoms with Crippen molar-refractivity contribution < 1.29 is 4.74 Å². The van der Waals surface area contributed by atoms with E-state index in [1.165, 1.54) is 0 Å². The van der Waals surface area contributed by atoms with E-state index in [2.05, 4.69) is 27.1 Å². The number of rotatable bonds is 7. The predicted molar refractivity (Wildman–Crippen MR) is 110 cm³/mol. The molecular weight excluding hydrogens is 326 g/mol. The fourth-order valence-corrected chi connectivity index (χ4v) is 2.31. The standard InChI is InChI=1S/C20H25N5O/c1-7-22-23-13-15(3)14(2)11-21-12-16(4)20-24-18-10-17(26-6)8-9-19(18)25(20)5/h7-13,23H,4H2,1-3,5-6H3/b14-11+,15-13+,21-12?,22-7-. The van der Waals surface area contributed by atoms with Crippen LogP contribution in [-0.4, -0.2) is 29.1 Å². The highest BCUT2D eigenvalue weighted by Crippen LogP contribution is 2.23. The molecule has 1 heterocycles. The van der Waals surface area contributed by atoms with Crippen molar-refractivity contribution in [3.8, 4) is 5.75 Å². The lowest BCUT2D eigenvalue weighted by atomic mass is 10.2. The van der Waals surface area contributed by atoms with E-state index >= 15 is 0 Å². The lowest BCUT2D eigenvalue weighted by Crippen LogP contribution is -1.97. The summed E-state index contributed by atoms with van der Waals surface area (Å²) in [7, 11) is 3.61. The van der Waals surface area contributed by atoms with Crippen LogP contribution in [0.1, 0.15) is 26.6 Å². The van der Waals surface area contributed by atoms with Gasteiger partial charge in [0.05, 0.1) is 18.1 Å². The Morgan fingerprint density at radius 3 is 2.77 bits per heavy atom. The molecule has 0 bridgehead atoms. The van der Waals surface area contributed by atoms with E-state index in [1.807, 2.05) is 56.8 Å². The zero-order valence-electron chi connectivity index (χ0n) is 15.9. The Morgan fingerprint density at radius 1 is 1.31 bits per heavy atom. The molecule has 6 nitrogen and oxygen atoms in total. The number of hydrogen-bond donors (Lipinski definition) is 1. The maximum Gasteiger partial charge on any atom is 0.141 e. The van der Waals surface area contributed by atoms with E-state index in [-0.39, 0.29) is 0 Å². The topological polar surface area (TPSA) is 63.8 Å². The quantitative estimate of drug-likeness (QED) is 0.465. The van der Waals surface area contributed by atoms with Gasteiger partial charge in [0.15, 0.2) is 0 Å². The van der Waals surface area contributed by atoms with Gasteiger partial charge in [0.25, 0.3) is 0 Å². The van der Waals surface area contributed by atoms with Crippen LogP contribution >= 0.6 is 0 Å². The molecule has 0 saturated heterocycles. The maximum atomic E-state index is 5.26. The number of hydrogen-bond acceptors (Lipinski definition) is 5. The monoisotopic (exact) mass is 351 g/mol. The van der Waals surface area contributed by atoms with Crippen molar-refractivity contribution in [2.24, 2.45) is 17.1 Å². The molecule has 0 unspecified atom stereocenters. The Bertz CT molecular complexity index is 916. The van der Waals surface area contributed by atoms with Crippen LogP contribution in [0.2, 0.25) is 0 Å². The van der Waals surface area contributed by atoms with Crippen LogP contribution in [0, 0.1) is 0 Å². The predicted octanol–water partition coefficient (Wildman–Crippen LogP) is 4.07. The highest BCUT2D eigenvalue weighted by molar-refractivity contribution is 6.08. The number of aromatic nitrogens is 2. The minimum absolute atomic E-state index is 0.738. The highest BCUT2D eigenvalue weighted by atomic mass is 16.5. The minimum atomic E-state index is 0.738. The first-order chi connectivity index (χ1) is 12.5. The maximum absolute atomic E-state index is 5.26. The molecular formula is C20H25N5O. The van der Waals surface area contributed by atoms with E-state index < -0.39 is 0 Å². The number of benzene rings is 1. The van der Waals surface area contributed by atoms with Gasteiger partial charge in [0.2, 0.25) is 0 Å². The van der Waals surface area contributed by atoms with Crippen molar-refractivity contribution in [3.63, 3.8) is 0 Å². The molecule has 136 valence electrons. The number of nitrogens with zero attached hydrogens (tertiary/aromatic N) is 4. The summed E-state index contributed by atoms with van der Waals surface area (Å²) in [5.41, 5.74) is 7.55. The normalized spacial score (nSPS) is 13.1. The second-order valence-electron chi connectivity index (χ2n) is 5.81. The number of hydrazone groups is 1. The summed E-state index contributed by atoms with van der Waals surface area (Å²) in [4.78, 5) is 9.01. The lowest BCUT2D eigenvalue weighted by molar-refractivity contribution is 0.415. The second kappa shape index (κ2) is 8.80. The summed E-state index contributed by atoms with van der Waals surface area (Å²) in [5.74, 6) is 1.55. The molecule has 0 atom stereocenters. The Morgan fingerprint density at radius 2 is 2.08 bits per heavy atom. The Labute approximate surface area is 154 Å². The number of allylic oxidation sites excluding steroid dienone is 3. The van der Waals surface area contributed by atoms with Crippen molar-refractivity contribution >= 4 is 29.0 Å². The van der Waals surface area contributed by atoms with E-state index in [9.17, 15) is 0 Å². The van der Waals surface area contributed by atoms with E-state index in [1.54, 1.807) is 25.7 Å². The molecule has 6 heteroatoms. The molecule has 26 heavy (non-hydrogen) atoms. The Hall–Kier alpha value is -3.15. The molecule has 0 radical (unpaired) electrons. The van der Waals surface area contributed by atoms with Crippen molar-refractivity contribution in [1.29, 1.82) is 0 Å². The van der Waals surface area contributed by atoms with Gasteiger partial charge >= 0.3 is 0 Å². The van der Waals surface area contributed by atoms with Crippen LogP contribution in [0.3, 0.4) is 0 Å². The van der Waals surface area contributed by atoms with E-state index in [0.717, 1.165) is 39.3 Å². The van der Waals surface area contributed by atoms with Crippen LogP contribution in [0.25, 0.3) is 16.6 Å². The smallest absolute Gasteiger partial charge is 0.141 e. The number of methoxy groups -OCH3 is 1. The summed E-state index contributed by atoms with van der Waals surface area (Å²) in [6.07, 6.45) is 7.03. The fourth-order valence-electron chi connectivity index (χ4n) is 2.31. The lowest BCUT2D eigenvalue weighted by Gasteiger charge is -2.02. The molecule has 0 aliphatic heterocycles. The third kappa shape index (κ3) is 4.47. The molecule has 1 N–H and O–H groups in total. The van der Waals surface area contributed by atoms with Crippen LogP contribution in [0.4, 0.5) is 0 Å². The number of fused-ring (bicyclic) bond motifs is 1. The molecule has 0 aliphatic rings. The number of ether oxygens (including phenoxy) is 1. The van der Waals surface area contributed by atoms with Gasteiger partial charge in [-0.3, -0.25) is 10.4 Å².